The average molecular weight is 251 g/mol. The van der Waals surface area contributed by atoms with E-state index in [0.29, 0.717) is 5.92 Å². The van der Waals surface area contributed by atoms with E-state index in [1.54, 1.807) is 0 Å². The van der Waals surface area contributed by atoms with Gasteiger partial charge in [0.25, 0.3) is 0 Å². The Hall–Kier alpha value is 0.400. The fraction of sp³-hybridized carbons (Fsp3) is 1.00. The number of hydrogen-bond donors (Lipinski definition) is 0. The van der Waals surface area contributed by atoms with Crippen molar-refractivity contribution < 1.29 is 9.47 Å². The van der Waals surface area contributed by atoms with Crippen LogP contribution in [0, 0.1) is 5.92 Å². The van der Waals surface area contributed by atoms with E-state index in [0.717, 1.165) is 13.0 Å². The van der Waals surface area contributed by atoms with Crippen LogP contribution in [0.4, 0.5) is 0 Å². The minimum Gasteiger partial charge on any atom is -0.352 e. The van der Waals surface area contributed by atoms with Gasteiger partial charge >= 0.3 is 0 Å². The highest BCUT2D eigenvalue weighted by atomic mass is 79.9. The molecule has 1 aliphatic heterocycles. The largest absolute Gasteiger partial charge is 0.352 e. The Bertz CT molecular complexity index is 163. The van der Waals surface area contributed by atoms with Crippen LogP contribution in [-0.2, 0) is 9.47 Å². The van der Waals surface area contributed by atoms with Gasteiger partial charge in [0.1, 0.15) is 0 Å². The Morgan fingerprint density at radius 1 is 1.46 bits per heavy atom. The van der Waals surface area contributed by atoms with Gasteiger partial charge in [-0.05, 0) is 34.1 Å². The number of alkyl halides is 1. The summed E-state index contributed by atoms with van der Waals surface area (Å²) in [5.41, 5.74) is 0. The molecule has 1 heterocycles. The zero-order valence-corrected chi connectivity index (χ0v) is 10.4. The van der Waals surface area contributed by atoms with E-state index >= 15 is 0 Å². The topological polar surface area (TPSA) is 18.5 Å². The zero-order valence-electron chi connectivity index (χ0n) is 8.84. The second-order valence-electron chi connectivity index (χ2n) is 4.38. The third-order valence-electron chi connectivity index (χ3n) is 2.33. The molecular weight excluding hydrogens is 232 g/mol. The van der Waals surface area contributed by atoms with Gasteiger partial charge in [-0.2, -0.15) is 0 Å². The van der Waals surface area contributed by atoms with E-state index < -0.39 is 0 Å². The van der Waals surface area contributed by atoms with Crippen molar-refractivity contribution in [1.82, 2.24) is 0 Å². The van der Waals surface area contributed by atoms with Crippen molar-refractivity contribution in [2.24, 2.45) is 5.92 Å². The number of rotatable bonds is 3. The molecule has 1 fully saturated rings. The maximum atomic E-state index is 5.70. The lowest BCUT2D eigenvalue weighted by Gasteiger charge is -2.30. The molecule has 78 valence electrons. The molecule has 0 aromatic heterocycles. The summed E-state index contributed by atoms with van der Waals surface area (Å²) < 4.78 is 11.3. The highest BCUT2D eigenvalue weighted by molar-refractivity contribution is 9.10. The van der Waals surface area contributed by atoms with Crippen LogP contribution in [0.1, 0.15) is 34.1 Å². The van der Waals surface area contributed by atoms with E-state index in [4.69, 9.17) is 9.47 Å². The quantitative estimate of drug-likeness (QED) is 0.718. The van der Waals surface area contributed by atoms with Crippen molar-refractivity contribution in [3.63, 3.8) is 0 Å². The van der Waals surface area contributed by atoms with Gasteiger partial charge in [-0.1, -0.05) is 15.9 Å². The van der Waals surface area contributed by atoms with Crippen LogP contribution in [0.2, 0.25) is 0 Å². The molecule has 0 aromatic carbocycles. The Morgan fingerprint density at radius 3 is 2.54 bits per heavy atom. The summed E-state index contributed by atoms with van der Waals surface area (Å²) in [5, 5.41) is 0. The number of halogens is 1. The van der Waals surface area contributed by atoms with Crippen molar-refractivity contribution in [2.75, 3.05) is 6.61 Å². The first-order valence-corrected chi connectivity index (χ1v) is 5.66. The highest BCUT2D eigenvalue weighted by Crippen LogP contribution is 2.37. The molecule has 1 rings (SSSR count). The molecule has 3 heteroatoms. The lowest BCUT2D eigenvalue weighted by molar-refractivity contribution is -0.156. The van der Waals surface area contributed by atoms with Gasteiger partial charge in [0.05, 0.1) is 12.7 Å². The van der Waals surface area contributed by atoms with Crippen LogP contribution in [0.25, 0.3) is 0 Å². The first-order valence-electron chi connectivity index (χ1n) is 4.87. The second-order valence-corrected chi connectivity index (χ2v) is 6.43. The van der Waals surface area contributed by atoms with E-state index in [-0.39, 0.29) is 16.7 Å². The van der Waals surface area contributed by atoms with Gasteiger partial charge in [0, 0.05) is 10.2 Å². The Kier molecular flexibility index (Phi) is 3.78. The number of hydrogen-bond acceptors (Lipinski definition) is 2. The van der Waals surface area contributed by atoms with Crippen LogP contribution in [0.15, 0.2) is 0 Å². The molecule has 0 N–H and O–H groups in total. The third-order valence-corrected chi connectivity index (χ3v) is 2.92. The van der Waals surface area contributed by atoms with Crippen LogP contribution >= 0.6 is 15.9 Å². The molecule has 0 aliphatic carbocycles. The first kappa shape index (κ1) is 11.5. The van der Waals surface area contributed by atoms with Crippen LogP contribution in [-0.4, -0.2) is 23.3 Å². The molecule has 0 spiro atoms. The lowest BCUT2D eigenvalue weighted by atomic mass is 9.93. The summed E-state index contributed by atoms with van der Waals surface area (Å²) in [6.45, 7) is 9.24. The van der Waals surface area contributed by atoms with E-state index in [1.807, 2.05) is 13.8 Å². The summed E-state index contributed by atoms with van der Waals surface area (Å²) in [6.07, 6.45) is 1.28. The second kappa shape index (κ2) is 4.28. The standard InChI is InChI=1S/C10H19BrO2/c1-7(2)13-9-8(5-6-12-9)10(3,4)11/h7-9H,5-6H2,1-4H3. The van der Waals surface area contributed by atoms with Crippen LogP contribution in [0.5, 0.6) is 0 Å². The van der Waals surface area contributed by atoms with Crippen molar-refractivity contribution in [3.8, 4) is 0 Å². The highest BCUT2D eigenvalue weighted by Gasteiger charge is 2.39. The van der Waals surface area contributed by atoms with E-state index in [9.17, 15) is 0 Å². The Morgan fingerprint density at radius 2 is 2.08 bits per heavy atom. The molecule has 2 nitrogen and oxygen atoms in total. The van der Waals surface area contributed by atoms with Gasteiger partial charge < -0.3 is 9.47 Å². The van der Waals surface area contributed by atoms with Gasteiger partial charge in [0.15, 0.2) is 6.29 Å². The molecule has 1 saturated heterocycles. The summed E-state index contributed by atoms with van der Waals surface area (Å²) in [6, 6.07) is 0. The molecule has 2 unspecified atom stereocenters. The third kappa shape index (κ3) is 3.22. The number of ether oxygens (including phenoxy) is 2. The van der Waals surface area contributed by atoms with E-state index in [2.05, 4.69) is 29.8 Å². The predicted molar refractivity (Wildman–Crippen MR) is 57.1 cm³/mol. The summed E-state index contributed by atoms with van der Waals surface area (Å²) >= 11 is 3.68. The molecule has 0 amide bonds. The molecule has 13 heavy (non-hydrogen) atoms. The smallest absolute Gasteiger partial charge is 0.162 e. The van der Waals surface area contributed by atoms with Gasteiger partial charge in [-0.15, -0.1) is 0 Å². The normalized spacial score (nSPS) is 30.0. The minimum atomic E-state index is -0.0330. The summed E-state index contributed by atoms with van der Waals surface area (Å²) in [5.74, 6) is 0.454. The molecule has 0 aromatic rings. The maximum absolute atomic E-state index is 5.70. The summed E-state index contributed by atoms with van der Waals surface area (Å²) in [4.78, 5) is 0. The SMILES string of the molecule is CC(C)OC1OCCC1C(C)(C)Br. The monoisotopic (exact) mass is 250 g/mol. The molecule has 0 bridgehead atoms. The molecule has 2 atom stereocenters. The van der Waals surface area contributed by atoms with Crippen molar-refractivity contribution in [1.29, 1.82) is 0 Å². The fourth-order valence-corrected chi connectivity index (χ4v) is 2.08. The predicted octanol–water partition coefficient (Wildman–Crippen LogP) is 2.95. The lowest BCUT2D eigenvalue weighted by Crippen LogP contribution is -2.34. The average Bonchev–Trinajstić information content (AvgIpc) is 2.31. The van der Waals surface area contributed by atoms with Crippen molar-refractivity contribution in [2.45, 2.75) is 50.8 Å². The summed E-state index contributed by atoms with van der Waals surface area (Å²) in [7, 11) is 0. The van der Waals surface area contributed by atoms with Crippen molar-refractivity contribution in [3.05, 3.63) is 0 Å². The Balaban J connectivity index is 2.54. The van der Waals surface area contributed by atoms with Crippen molar-refractivity contribution >= 4 is 15.9 Å². The van der Waals surface area contributed by atoms with Crippen LogP contribution in [0.3, 0.4) is 0 Å². The van der Waals surface area contributed by atoms with Gasteiger partial charge in [-0.25, -0.2) is 0 Å². The first-order chi connectivity index (χ1) is 5.91. The zero-order chi connectivity index (χ0) is 10.1. The maximum Gasteiger partial charge on any atom is 0.162 e. The molecular formula is C10H19BrO2. The molecule has 0 saturated carbocycles. The van der Waals surface area contributed by atoms with E-state index in [1.165, 1.54) is 0 Å². The molecule has 1 aliphatic rings. The van der Waals surface area contributed by atoms with Gasteiger partial charge in [0.2, 0.25) is 0 Å². The van der Waals surface area contributed by atoms with Crippen LogP contribution < -0.4 is 0 Å². The minimum absolute atomic E-state index is 0.0330. The molecule has 0 radical (unpaired) electrons. The Labute approximate surface area is 89.1 Å². The van der Waals surface area contributed by atoms with Gasteiger partial charge in [-0.3, -0.25) is 0 Å². The fourth-order valence-electron chi connectivity index (χ4n) is 1.63.